The van der Waals surface area contributed by atoms with E-state index in [0.29, 0.717) is 14.9 Å². The summed E-state index contributed by atoms with van der Waals surface area (Å²) < 4.78 is 0.645. The Morgan fingerprint density at radius 3 is 2.72 bits per heavy atom. The highest BCUT2D eigenvalue weighted by Gasteiger charge is 2.37. The summed E-state index contributed by atoms with van der Waals surface area (Å²) in [6.45, 7) is 1.86. The van der Waals surface area contributed by atoms with Gasteiger partial charge in [0.15, 0.2) is 0 Å². The van der Waals surface area contributed by atoms with Crippen molar-refractivity contribution in [1.29, 1.82) is 0 Å². The maximum Gasteiger partial charge on any atom is 0.266 e. The number of amides is 1. The topological polar surface area (TPSA) is 58.1 Å². The normalized spacial score (nSPS) is 20.3. The van der Waals surface area contributed by atoms with Crippen molar-refractivity contribution in [3.63, 3.8) is 0 Å². The van der Waals surface area contributed by atoms with Gasteiger partial charge in [0.05, 0.1) is 27.8 Å². The van der Waals surface area contributed by atoms with E-state index in [1.54, 1.807) is 17.2 Å². The number of aromatic nitrogens is 2. The Bertz CT molecular complexity index is 851. The number of hydrogen-bond donors (Lipinski definition) is 1. The van der Waals surface area contributed by atoms with Crippen LogP contribution in [0.5, 0.6) is 0 Å². The van der Waals surface area contributed by atoms with Gasteiger partial charge in [0.2, 0.25) is 0 Å². The van der Waals surface area contributed by atoms with E-state index in [-0.39, 0.29) is 24.4 Å². The zero-order chi connectivity index (χ0) is 16.5. The molecule has 0 unspecified atom stereocenters. The molecular weight excluding hydrogens is 376 g/mol. The molecule has 0 atom stereocenters. The highest BCUT2D eigenvalue weighted by molar-refractivity contribution is 8.26. The summed E-state index contributed by atoms with van der Waals surface area (Å²) in [6.07, 6.45) is 5.37. The molecule has 130 valence electrons. The number of piperidine rings is 1. The predicted molar refractivity (Wildman–Crippen MR) is 108 cm³/mol. The molecular formula is C17H17ClN4OS2. The molecule has 0 spiro atoms. The van der Waals surface area contributed by atoms with Crippen molar-refractivity contribution < 1.29 is 4.79 Å². The van der Waals surface area contributed by atoms with Crippen molar-refractivity contribution in [1.82, 2.24) is 20.2 Å². The zero-order valence-electron chi connectivity index (χ0n) is 13.3. The van der Waals surface area contributed by atoms with Gasteiger partial charge in [-0.1, -0.05) is 36.1 Å². The Hall–Kier alpha value is -1.54. The van der Waals surface area contributed by atoms with Crippen molar-refractivity contribution in [2.45, 2.75) is 18.9 Å². The van der Waals surface area contributed by atoms with Gasteiger partial charge < -0.3 is 5.32 Å². The van der Waals surface area contributed by atoms with Gasteiger partial charge in [0, 0.05) is 6.04 Å². The third kappa shape index (κ3) is 3.69. The van der Waals surface area contributed by atoms with Crippen LogP contribution in [0.25, 0.3) is 17.1 Å². The largest absolute Gasteiger partial charge is 0.317 e. The molecule has 1 N–H and O–H groups in total. The van der Waals surface area contributed by atoms with Crippen LogP contribution in [0.2, 0.25) is 0 Å². The van der Waals surface area contributed by atoms with Crippen LogP contribution in [-0.4, -0.2) is 44.2 Å². The number of hydrogen-bond acceptors (Lipinski definition) is 6. The van der Waals surface area contributed by atoms with E-state index in [2.05, 4.69) is 15.3 Å². The van der Waals surface area contributed by atoms with Crippen molar-refractivity contribution in [2.24, 2.45) is 0 Å². The molecule has 0 radical (unpaired) electrons. The Morgan fingerprint density at radius 1 is 1.24 bits per heavy atom. The highest BCUT2D eigenvalue weighted by atomic mass is 35.5. The third-order valence-electron chi connectivity index (χ3n) is 4.24. The number of rotatable bonds is 2. The molecule has 2 aliphatic heterocycles. The lowest BCUT2D eigenvalue weighted by Crippen LogP contribution is -2.45. The molecule has 4 rings (SSSR count). The molecule has 3 heterocycles. The second-order valence-electron chi connectivity index (χ2n) is 5.82. The van der Waals surface area contributed by atoms with Crippen LogP contribution in [0.1, 0.15) is 18.5 Å². The molecule has 0 bridgehead atoms. The fraction of sp³-hybridized carbons (Fsp3) is 0.294. The summed E-state index contributed by atoms with van der Waals surface area (Å²) in [6, 6.07) is 7.90. The number of halogens is 1. The zero-order valence-corrected chi connectivity index (χ0v) is 15.8. The number of para-hydroxylation sites is 2. The van der Waals surface area contributed by atoms with Crippen molar-refractivity contribution in [3.8, 4) is 0 Å². The summed E-state index contributed by atoms with van der Waals surface area (Å²) in [5.41, 5.74) is 2.34. The molecule has 0 aliphatic carbocycles. The highest BCUT2D eigenvalue weighted by Crippen LogP contribution is 2.35. The van der Waals surface area contributed by atoms with Crippen LogP contribution >= 0.6 is 36.4 Å². The number of benzene rings is 1. The van der Waals surface area contributed by atoms with Crippen LogP contribution in [0.4, 0.5) is 0 Å². The molecule has 5 nitrogen and oxygen atoms in total. The van der Waals surface area contributed by atoms with E-state index < -0.39 is 0 Å². The summed E-state index contributed by atoms with van der Waals surface area (Å²) >= 11 is 6.80. The number of nitrogens with one attached hydrogen (secondary N) is 1. The van der Waals surface area contributed by atoms with E-state index >= 15 is 0 Å². The Balaban J connectivity index is 0.00000182. The van der Waals surface area contributed by atoms with Gasteiger partial charge in [-0.3, -0.25) is 14.7 Å². The fourth-order valence-electron chi connectivity index (χ4n) is 3.03. The molecule has 0 saturated carbocycles. The van der Waals surface area contributed by atoms with Crippen LogP contribution in [0.3, 0.4) is 0 Å². The summed E-state index contributed by atoms with van der Waals surface area (Å²) in [5.74, 6) is -0.00754. The fourth-order valence-corrected chi connectivity index (χ4v) is 4.42. The van der Waals surface area contributed by atoms with Crippen LogP contribution in [0, 0.1) is 0 Å². The number of nitrogens with zero attached hydrogens (tertiary/aromatic N) is 3. The third-order valence-corrected chi connectivity index (χ3v) is 5.57. The number of carbonyl (C=O) groups is 1. The minimum Gasteiger partial charge on any atom is -0.317 e. The number of carbonyl (C=O) groups excluding carboxylic acids is 1. The molecule has 2 aromatic rings. The molecule has 2 saturated heterocycles. The first-order valence-corrected chi connectivity index (χ1v) is 9.14. The molecule has 2 fully saturated rings. The summed E-state index contributed by atoms with van der Waals surface area (Å²) in [7, 11) is 0. The second-order valence-corrected chi connectivity index (χ2v) is 7.49. The van der Waals surface area contributed by atoms with Crippen molar-refractivity contribution in [3.05, 3.63) is 41.1 Å². The SMILES string of the molecule is Cl.O=C1/C(=C/c2cnc3ccccc3n2)SC(=S)N1C1CCNCC1. The second kappa shape index (κ2) is 7.78. The Morgan fingerprint density at radius 2 is 1.96 bits per heavy atom. The van der Waals surface area contributed by atoms with E-state index in [0.717, 1.165) is 37.0 Å². The van der Waals surface area contributed by atoms with Crippen molar-refractivity contribution >= 4 is 63.7 Å². The first-order chi connectivity index (χ1) is 11.7. The van der Waals surface area contributed by atoms with E-state index in [1.165, 1.54) is 11.8 Å². The first-order valence-electron chi connectivity index (χ1n) is 7.92. The van der Waals surface area contributed by atoms with E-state index in [9.17, 15) is 4.79 Å². The van der Waals surface area contributed by atoms with Gasteiger partial charge >= 0.3 is 0 Å². The lowest BCUT2D eigenvalue weighted by molar-refractivity contribution is -0.123. The maximum absolute atomic E-state index is 12.8. The molecule has 2 aliphatic rings. The molecule has 8 heteroatoms. The maximum atomic E-state index is 12.8. The van der Waals surface area contributed by atoms with Gasteiger partial charge in [-0.2, -0.15) is 0 Å². The Labute approximate surface area is 161 Å². The number of thioether (sulfide) groups is 1. The van der Waals surface area contributed by atoms with Crippen LogP contribution in [-0.2, 0) is 4.79 Å². The number of thiocarbonyl (C=S) groups is 1. The monoisotopic (exact) mass is 392 g/mol. The van der Waals surface area contributed by atoms with Gasteiger partial charge in [0.25, 0.3) is 5.91 Å². The minimum atomic E-state index is -0.00754. The van der Waals surface area contributed by atoms with Gasteiger partial charge in [0.1, 0.15) is 4.32 Å². The van der Waals surface area contributed by atoms with Crippen LogP contribution < -0.4 is 5.32 Å². The van der Waals surface area contributed by atoms with Gasteiger partial charge in [-0.15, -0.1) is 12.4 Å². The van der Waals surface area contributed by atoms with Gasteiger partial charge in [-0.05, 0) is 44.1 Å². The standard InChI is InChI=1S/C17H16N4OS2.ClH/c22-16-15(24-17(23)21(16)12-5-7-18-8-6-12)9-11-10-19-13-3-1-2-4-14(13)20-11;/h1-4,9-10,12,18H,5-8H2;1H/b15-9-;. The van der Waals surface area contributed by atoms with Crippen LogP contribution in [0.15, 0.2) is 35.4 Å². The lowest BCUT2D eigenvalue weighted by Gasteiger charge is -2.30. The average molecular weight is 393 g/mol. The summed E-state index contributed by atoms with van der Waals surface area (Å²) in [5, 5.41) is 3.31. The van der Waals surface area contributed by atoms with Gasteiger partial charge in [-0.25, -0.2) is 4.98 Å². The predicted octanol–water partition coefficient (Wildman–Crippen LogP) is 3.00. The average Bonchev–Trinajstić information content (AvgIpc) is 2.89. The molecule has 25 heavy (non-hydrogen) atoms. The van der Waals surface area contributed by atoms with E-state index in [4.69, 9.17) is 12.2 Å². The molecule has 1 aromatic heterocycles. The smallest absolute Gasteiger partial charge is 0.266 e. The number of fused-ring (bicyclic) bond motifs is 1. The van der Waals surface area contributed by atoms with Crippen molar-refractivity contribution in [2.75, 3.05) is 13.1 Å². The molecule has 1 amide bonds. The first kappa shape index (κ1) is 18.3. The minimum absolute atomic E-state index is 0. The quantitative estimate of drug-likeness (QED) is 0.626. The lowest BCUT2D eigenvalue weighted by atomic mass is 10.1. The molecule has 1 aromatic carbocycles. The Kier molecular flexibility index (Phi) is 5.68. The van der Waals surface area contributed by atoms with E-state index in [1.807, 2.05) is 24.3 Å². The summed E-state index contributed by atoms with van der Waals surface area (Å²) in [4.78, 5) is 24.1.